The molecule has 0 aromatic heterocycles. The summed E-state index contributed by atoms with van der Waals surface area (Å²) in [5.74, 6) is 6.11. The molecule has 0 heteroatoms. The van der Waals surface area contributed by atoms with Crippen molar-refractivity contribution < 1.29 is 2.74 Å². The van der Waals surface area contributed by atoms with Crippen LogP contribution in [0, 0.1) is 52.3 Å². The van der Waals surface area contributed by atoms with Crippen LogP contribution in [0.5, 0.6) is 0 Å². The van der Waals surface area contributed by atoms with E-state index in [1.54, 1.807) is 0 Å². The van der Waals surface area contributed by atoms with Gasteiger partial charge in [0.15, 0.2) is 0 Å². The van der Waals surface area contributed by atoms with Gasteiger partial charge in [0.2, 0.25) is 0 Å². The largest absolute Gasteiger partial charge is 0.0628 e. The van der Waals surface area contributed by atoms with Crippen LogP contribution in [0.3, 0.4) is 0 Å². The van der Waals surface area contributed by atoms with Gasteiger partial charge in [0, 0.05) is 2.74 Å². The Kier molecular flexibility index (Phi) is 5.07. The first kappa shape index (κ1) is 17.8. The molecule has 4 aliphatic carbocycles. The summed E-state index contributed by atoms with van der Waals surface area (Å²) in [5, 5.41) is 0. The Bertz CT molecular complexity index is 583. The number of hydrogen-bond acceptors (Lipinski definition) is 0. The third kappa shape index (κ3) is 3.44. The van der Waals surface area contributed by atoms with E-state index in [1.807, 2.05) is 0 Å². The number of fused-ring (bicyclic) bond motifs is 5. The molecule has 0 heterocycles. The van der Waals surface area contributed by atoms with E-state index in [2.05, 4.69) is 34.6 Å². The van der Waals surface area contributed by atoms with Crippen LogP contribution in [-0.4, -0.2) is 0 Å². The fourth-order valence-electron chi connectivity index (χ4n) is 8.92. The van der Waals surface area contributed by atoms with Gasteiger partial charge in [0.1, 0.15) is 0 Å². The van der Waals surface area contributed by atoms with Crippen molar-refractivity contribution in [1.82, 2.24) is 0 Å². The van der Waals surface area contributed by atoms with Crippen molar-refractivity contribution in [2.75, 3.05) is 0 Å². The molecule has 0 nitrogen and oxygen atoms in total. The first-order valence-electron chi connectivity index (χ1n) is 13.6. The third-order valence-corrected chi connectivity index (χ3v) is 10.5. The lowest BCUT2D eigenvalue weighted by Gasteiger charge is -2.61. The fourth-order valence-corrected chi connectivity index (χ4v) is 8.92. The van der Waals surface area contributed by atoms with Crippen LogP contribution in [0.2, 0.25) is 0 Å². The lowest BCUT2D eigenvalue weighted by atomic mass is 9.44. The summed E-state index contributed by atoms with van der Waals surface area (Å²) in [6.07, 6.45) is 14.7. The first-order chi connectivity index (χ1) is 13.6. The average Bonchev–Trinajstić information content (AvgIpc) is 2.99. The van der Waals surface area contributed by atoms with Gasteiger partial charge < -0.3 is 0 Å². The van der Waals surface area contributed by atoms with Crippen molar-refractivity contribution in [3.05, 3.63) is 0 Å². The van der Waals surface area contributed by atoms with E-state index in [1.165, 1.54) is 57.8 Å². The van der Waals surface area contributed by atoms with Gasteiger partial charge in [-0.05, 0) is 104 Å². The molecule has 8 atom stereocenters. The van der Waals surface area contributed by atoms with Crippen LogP contribution in [0.15, 0.2) is 0 Å². The van der Waals surface area contributed by atoms with Gasteiger partial charge in [-0.1, -0.05) is 66.7 Å². The fraction of sp³-hybridized carbons (Fsp3) is 1.00. The SMILES string of the molecule is [2H]C1([2H])CC[C@@]2(C)C(CC[C@H]3[C@@H]4CC[C@H]([C@H](C)CCCC(C)C)[C@@]4(C)CC[C@@H]32)C1. The minimum Gasteiger partial charge on any atom is -0.0628 e. The van der Waals surface area contributed by atoms with E-state index >= 15 is 0 Å². The maximum absolute atomic E-state index is 8.34. The highest BCUT2D eigenvalue weighted by molar-refractivity contribution is 5.09. The van der Waals surface area contributed by atoms with E-state index < -0.39 is 6.37 Å². The highest BCUT2D eigenvalue weighted by atomic mass is 14.6. The molecule has 0 aliphatic heterocycles. The van der Waals surface area contributed by atoms with Gasteiger partial charge in [-0.15, -0.1) is 0 Å². The summed E-state index contributed by atoms with van der Waals surface area (Å²) < 4.78 is 16.7. The van der Waals surface area contributed by atoms with Gasteiger partial charge in [0.25, 0.3) is 0 Å². The van der Waals surface area contributed by atoms with Crippen molar-refractivity contribution in [1.29, 1.82) is 0 Å². The van der Waals surface area contributed by atoms with E-state index in [0.29, 0.717) is 16.7 Å². The lowest BCUT2D eigenvalue weighted by molar-refractivity contribution is -0.114. The predicted octanol–water partition coefficient (Wildman–Crippen LogP) is 8.50. The summed E-state index contributed by atoms with van der Waals surface area (Å²) in [6.45, 7) is 12.6. The molecule has 0 amide bonds. The zero-order chi connectivity index (χ0) is 21.0. The van der Waals surface area contributed by atoms with Gasteiger partial charge in [-0.3, -0.25) is 0 Å². The Balaban J connectivity index is 1.46. The molecule has 4 fully saturated rings. The van der Waals surface area contributed by atoms with Crippen LogP contribution >= 0.6 is 0 Å². The van der Waals surface area contributed by atoms with Crippen LogP contribution in [0.4, 0.5) is 0 Å². The van der Waals surface area contributed by atoms with Crippen LogP contribution in [-0.2, 0) is 0 Å². The molecule has 27 heavy (non-hydrogen) atoms. The normalized spacial score (nSPS) is 51.0. The molecule has 1 unspecified atom stereocenters. The van der Waals surface area contributed by atoms with Gasteiger partial charge in [-0.2, -0.15) is 0 Å². The standard InChI is InChI=1S/C27H48/c1-19(2)9-8-10-20(3)23-14-15-24-22-13-12-21-11-6-7-17-26(21,4)25(22)16-18-27(23,24)5/h19-25H,6-18H2,1-5H3/t20-,21?,22+,23-,24+,25+,26+,27-/m1/s1/i6D2. The zero-order valence-corrected chi connectivity index (χ0v) is 19.0. The smallest absolute Gasteiger partial charge is 0.0267 e. The third-order valence-electron chi connectivity index (χ3n) is 10.5. The molecule has 0 aromatic carbocycles. The second-order valence-electron chi connectivity index (χ2n) is 12.1. The van der Waals surface area contributed by atoms with E-state index in [-0.39, 0.29) is 0 Å². The van der Waals surface area contributed by atoms with Crippen molar-refractivity contribution in [3.63, 3.8) is 0 Å². The number of rotatable bonds is 5. The highest BCUT2D eigenvalue weighted by Gasteiger charge is 2.59. The Labute approximate surface area is 173 Å². The summed E-state index contributed by atoms with van der Waals surface area (Å²) >= 11 is 0. The Morgan fingerprint density at radius 3 is 2.41 bits per heavy atom. The zero-order valence-electron chi connectivity index (χ0n) is 21.0. The summed E-state index contributed by atoms with van der Waals surface area (Å²) in [5.41, 5.74) is 1.02. The van der Waals surface area contributed by atoms with E-state index in [9.17, 15) is 0 Å². The first-order valence-corrected chi connectivity index (χ1v) is 12.6. The van der Waals surface area contributed by atoms with Crippen molar-refractivity contribution in [3.8, 4) is 0 Å². The number of hydrogen-bond donors (Lipinski definition) is 0. The maximum atomic E-state index is 8.34. The molecule has 0 aromatic rings. The summed E-state index contributed by atoms with van der Waals surface area (Å²) in [6, 6.07) is 0. The molecular formula is C27H48. The van der Waals surface area contributed by atoms with E-state index in [0.717, 1.165) is 54.8 Å². The molecule has 156 valence electrons. The Hall–Kier alpha value is 0. The highest BCUT2D eigenvalue weighted by Crippen LogP contribution is 2.68. The minimum absolute atomic E-state index is 0.427. The van der Waals surface area contributed by atoms with Crippen LogP contribution in [0.1, 0.15) is 121 Å². The topological polar surface area (TPSA) is 0 Å². The summed E-state index contributed by atoms with van der Waals surface area (Å²) in [7, 11) is 0. The molecule has 0 saturated heterocycles. The second kappa shape index (κ2) is 7.68. The molecule has 4 rings (SSSR count). The Morgan fingerprint density at radius 1 is 0.852 bits per heavy atom. The second-order valence-corrected chi connectivity index (χ2v) is 12.1. The monoisotopic (exact) mass is 374 g/mol. The van der Waals surface area contributed by atoms with E-state index in [4.69, 9.17) is 2.74 Å². The van der Waals surface area contributed by atoms with Crippen LogP contribution in [0.25, 0.3) is 0 Å². The Morgan fingerprint density at radius 2 is 1.63 bits per heavy atom. The minimum atomic E-state index is -0.899. The molecule has 0 bridgehead atoms. The molecule has 0 radical (unpaired) electrons. The van der Waals surface area contributed by atoms with Crippen molar-refractivity contribution in [2.24, 2.45) is 52.3 Å². The quantitative estimate of drug-likeness (QED) is 0.452. The van der Waals surface area contributed by atoms with Gasteiger partial charge in [0.05, 0.1) is 0 Å². The maximum Gasteiger partial charge on any atom is 0.0267 e. The lowest BCUT2D eigenvalue weighted by Crippen LogP contribution is -2.53. The average molecular weight is 375 g/mol. The van der Waals surface area contributed by atoms with Crippen LogP contribution < -0.4 is 0 Å². The molecular weight excluding hydrogens is 324 g/mol. The van der Waals surface area contributed by atoms with Gasteiger partial charge in [-0.25, -0.2) is 0 Å². The van der Waals surface area contributed by atoms with Crippen molar-refractivity contribution >= 4 is 0 Å². The van der Waals surface area contributed by atoms with Gasteiger partial charge >= 0.3 is 0 Å². The molecule has 0 N–H and O–H groups in total. The predicted molar refractivity (Wildman–Crippen MR) is 118 cm³/mol. The summed E-state index contributed by atoms with van der Waals surface area (Å²) in [4.78, 5) is 0. The van der Waals surface area contributed by atoms with Crippen molar-refractivity contribution in [2.45, 2.75) is 118 Å². The molecule has 4 aliphatic rings. The molecule has 4 saturated carbocycles. The molecule has 0 spiro atoms.